The minimum Gasteiger partial charge on any atom is -0.497 e. The van der Waals surface area contributed by atoms with Crippen LogP contribution >= 0.6 is 23.2 Å². The molecule has 41 heavy (non-hydrogen) atoms. The average molecular weight is 585 g/mol. The van der Waals surface area contributed by atoms with E-state index in [1.165, 1.54) is 4.90 Å². The summed E-state index contributed by atoms with van der Waals surface area (Å²) in [7, 11) is 1.59. The molecule has 5 aromatic rings. The third-order valence-electron chi connectivity index (χ3n) is 6.37. The van der Waals surface area contributed by atoms with Crippen LogP contribution in [0.2, 0.25) is 10.0 Å². The Hall–Kier alpha value is -4.59. The first-order valence-electron chi connectivity index (χ1n) is 12.8. The minimum absolute atomic E-state index is 0.221. The molecule has 0 fully saturated rings. The van der Waals surface area contributed by atoms with E-state index in [1.807, 2.05) is 72.9 Å². The topological polar surface area (TPSA) is 76.5 Å². The van der Waals surface area contributed by atoms with Crippen molar-refractivity contribution in [2.24, 2.45) is 0 Å². The van der Waals surface area contributed by atoms with E-state index in [1.54, 1.807) is 48.1 Å². The van der Waals surface area contributed by atoms with Crippen molar-refractivity contribution in [3.05, 3.63) is 130 Å². The van der Waals surface area contributed by atoms with Crippen molar-refractivity contribution in [2.45, 2.75) is 6.54 Å². The van der Waals surface area contributed by atoms with E-state index in [0.717, 1.165) is 16.8 Å². The van der Waals surface area contributed by atoms with Crippen LogP contribution in [-0.4, -0.2) is 39.9 Å². The van der Waals surface area contributed by atoms with Crippen LogP contribution < -0.4 is 10.1 Å². The number of anilines is 1. The number of imidazole rings is 1. The van der Waals surface area contributed by atoms with Crippen LogP contribution in [0.25, 0.3) is 16.9 Å². The van der Waals surface area contributed by atoms with Crippen LogP contribution in [0, 0.1) is 0 Å². The predicted molar refractivity (Wildman–Crippen MR) is 162 cm³/mol. The second-order valence-electron chi connectivity index (χ2n) is 9.20. The third-order valence-corrected chi connectivity index (χ3v) is 6.95. The fraction of sp³-hybridized carbons (Fsp3) is 0.0938. The number of carbonyl (C=O) groups excluding carboxylic acids is 2. The van der Waals surface area contributed by atoms with Gasteiger partial charge < -0.3 is 9.64 Å². The van der Waals surface area contributed by atoms with Gasteiger partial charge in [0.15, 0.2) is 0 Å². The van der Waals surface area contributed by atoms with Gasteiger partial charge >= 0.3 is 0 Å². The fourth-order valence-electron chi connectivity index (χ4n) is 4.33. The van der Waals surface area contributed by atoms with Crippen LogP contribution in [0.15, 0.2) is 109 Å². The summed E-state index contributed by atoms with van der Waals surface area (Å²) >= 11 is 12.4. The van der Waals surface area contributed by atoms with E-state index in [9.17, 15) is 9.59 Å². The number of amides is 2. The number of rotatable bonds is 9. The molecule has 0 aliphatic heterocycles. The monoisotopic (exact) mass is 584 g/mol. The van der Waals surface area contributed by atoms with E-state index in [-0.39, 0.29) is 24.9 Å². The second kappa shape index (κ2) is 12.7. The van der Waals surface area contributed by atoms with Gasteiger partial charge in [0.1, 0.15) is 12.3 Å². The lowest BCUT2D eigenvalue weighted by molar-refractivity contribution is -0.117. The van der Waals surface area contributed by atoms with Gasteiger partial charge in [0.05, 0.1) is 29.1 Å². The predicted octanol–water partition coefficient (Wildman–Crippen LogP) is 7.14. The highest BCUT2D eigenvalue weighted by molar-refractivity contribution is 6.33. The van der Waals surface area contributed by atoms with E-state index in [2.05, 4.69) is 5.32 Å². The molecular weight excluding hydrogens is 559 g/mol. The standard InChI is InChI=1S/C32H26Cl2N4O3/c1-41-26-11-7-10-25(18-26)38-20-29(23-14-16-24(33)17-15-23)35-32(38)36-30(39)21-37(19-22-8-3-2-4-9-22)31(40)27-12-5-6-13-28(27)34/h2-18,20H,19,21H2,1H3,(H,35,36,39). The van der Waals surface area contributed by atoms with Crippen LogP contribution in [0.5, 0.6) is 5.75 Å². The van der Waals surface area contributed by atoms with Gasteiger partial charge in [-0.2, -0.15) is 0 Å². The summed E-state index contributed by atoms with van der Waals surface area (Å²) in [5.41, 5.74) is 3.39. The molecule has 9 heteroatoms. The molecule has 1 N–H and O–H groups in total. The Balaban J connectivity index is 1.46. The van der Waals surface area contributed by atoms with Crippen molar-refractivity contribution in [1.29, 1.82) is 0 Å². The highest BCUT2D eigenvalue weighted by Gasteiger charge is 2.23. The van der Waals surface area contributed by atoms with Gasteiger partial charge in [0.2, 0.25) is 11.9 Å². The number of benzene rings is 4. The third kappa shape index (κ3) is 6.77. The van der Waals surface area contributed by atoms with Gasteiger partial charge in [-0.3, -0.25) is 19.5 Å². The van der Waals surface area contributed by atoms with Crippen molar-refractivity contribution in [3.63, 3.8) is 0 Å². The largest absolute Gasteiger partial charge is 0.497 e. The molecule has 1 heterocycles. The van der Waals surface area contributed by atoms with Gasteiger partial charge in [0, 0.05) is 29.4 Å². The molecule has 206 valence electrons. The van der Waals surface area contributed by atoms with Gasteiger partial charge in [-0.15, -0.1) is 0 Å². The molecule has 0 saturated heterocycles. The summed E-state index contributed by atoms with van der Waals surface area (Å²) in [6, 6.07) is 30.9. The summed E-state index contributed by atoms with van der Waals surface area (Å²) in [4.78, 5) is 33.2. The Morgan fingerprint density at radius 3 is 2.37 bits per heavy atom. The van der Waals surface area contributed by atoms with Crippen LogP contribution in [0.1, 0.15) is 15.9 Å². The minimum atomic E-state index is -0.418. The lowest BCUT2D eigenvalue weighted by Crippen LogP contribution is -2.38. The molecule has 0 saturated carbocycles. The summed E-state index contributed by atoms with van der Waals surface area (Å²) in [5.74, 6) is 0.172. The Morgan fingerprint density at radius 2 is 1.63 bits per heavy atom. The smallest absolute Gasteiger partial charge is 0.256 e. The Labute approximate surface area is 247 Å². The number of carbonyl (C=O) groups is 2. The van der Waals surface area contributed by atoms with Crippen LogP contribution in [-0.2, 0) is 11.3 Å². The first-order chi connectivity index (χ1) is 19.9. The highest BCUT2D eigenvalue weighted by Crippen LogP contribution is 2.27. The molecule has 7 nitrogen and oxygen atoms in total. The maximum atomic E-state index is 13.5. The number of halogens is 2. The van der Waals surface area contributed by atoms with Crippen molar-refractivity contribution >= 4 is 41.0 Å². The molecule has 0 spiro atoms. The Bertz CT molecular complexity index is 1670. The maximum absolute atomic E-state index is 13.5. The molecule has 2 amide bonds. The van der Waals surface area contributed by atoms with E-state index >= 15 is 0 Å². The summed E-state index contributed by atoms with van der Waals surface area (Å²) < 4.78 is 7.16. The molecule has 0 aliphatic carbocycles. The molecule has 1 aromatic heterocycles. The zero-order chi connectivity index (χ0) is 28.8. The van der Waals surface area contributed by atoms with Crippen molar-refractivity contribution in [3.8, 4) is 22.7 Å². The first kappa shape index (κ1) is 28.0. The highest BCUT2D eigenvalue weighted by atomic mass is 35.5. The number of methoxy groups -OCH3 is 1. The Morgan fingerprint density at radius 1 is 0.902 bits per heavy atom. The summed E-state index contributed by atoms with van der Waals surface area (Å²) in [5, 5.41) is 3.83. The van der Waals surface area contributed by atoms with Crippen molar-refractivity contribution in [2.75, 3.05) is 19.0 Å². The van der Waals surface area contributed by atoms with Gasteiger partial charge in [-0.25, -0.2) is 4.98 Å². The average Bonchev–Trinajstić information content (AvgIpc) is 3.41. The lowest BCUT2D eigenvalue weighted by atomic mass is 10.1. The van der Waals surface area contributed by atoms with E-state index in [0.29, 0.717) is 27.1 Å². The van der Waals surface area contributed by atoms with E-state index < -0.39 is 5.91 Å². The van der Waals surface area contributed by atoms with Crippen molar-refractivity contribution < 1.29 is 14.3 Å². The number of hydrogen-bond acceptors (Lipinski definition) is 4. The second-order valence-corrected chi connectivity index (χ2v) is 10.0. The molecule has 0 bridgehead atoms. The molecular formula is C32H26Cl2N4O3. The summed E-state index contributed by atoms with van der Waals surface area (Å²) in [6.45, 7) is -0.00113. The molecule has 0 aliphatic rings. The van der Waals surface area contributed by atoms with Crippen LogP contribution in [0.4, 0.5) is 5.95 Å². The first-order valence-corrected chi connectivity index (χ1v) is 13.5. The normalized spacial score (nSPS) is 10.7. The maximum Gasteiger partial charge on any atom is 0.256 e. The number of ether oxygens (including phenoxy) is 1. The van der Waals surface area contributed by atoms with Gasteiger partial charge in [0.25, 0.3) is 5.91 Å². The zero-order valence-electron chi connectivity index (χ0n) is 22.1. The number of nitrogens with zero attached hydrogens (tertiary/aromatic N) is 3. The lowest BCUT2D eigenvalue weighted by Gasteiger charge is -2.23. The SMILES string of the molecule is COc1cccc(-n2cc(-c3ccc(Cl)cc3)nc2NC(=O)CN(Cc2ccccc2)C(=O)c2ccccc2Cl)c1. The zero-order valence-corrected chi connectivity index (χ0v) is 23.6. The van der Waals surface area contributed by atoms with Crippen molar-refractivity contribution in [1.82, 2.24) is 14.5 Å². The van der Waals surface area contributed by atoms with Gasteiger partial charge in [-0.05, 0) is 42.0 Å². The molecule has 0 unspecified atom stereocenters. The number of nitrogens with one attached hydrogen (secondary N) is 1. The van der Waals surface area contributed by atoms with Crippen LogP contribution in [0.3, 0.4) is 0 Å². The molecule has 0 atom stereocenters. The number of aromatic nitrogens is 2. The quantitative estimate of drug-likeness (QED) is 0.200. The number of hydrogen-bond donors (Lipinski definition) is 1. The van der Waals surface area contributed by atoms with Gasteiger partial charge in [-0.1, -0.05) is 83.9 Å². The molecule has 0 radical (unpaired) electrons. The molecule has 5 rings (SSSR count). The summed E-state index contributed by atoms with van der Waals surface area (Å²) in [6.07, 6.45) is 1.82. The molecule has 4 aromatic carbocycles. The fourth-order valence-corrected chi connectivity index (χ4v) is 4.67. The Kier molecular flexibility index (Phi) is 8.67. The van der Waals surface area contributed by atoms with E-state index in [4.69, 9.17) is 32.9 Å².